The highest BCUT2D eigenvalue weighted by Crippen LogP contribution is 2.31. The SMILES string of the molecule is CCCn1cc(C)c2c(C(=O)NCc3c(C)cc(C)[nH]c3=O)cc(-c3ccc(-n4ccnc4)nc3)cc21. The highest BCUT2D eigenvalue weighted by molar-refractivity contribution is 6.09. The summed E-state index contributed by atoms with van der Waals surface area (Å²) >= 11 is 0. The van der Waals surface area contributed by atoms with Crippen LogP contribution >= 0.6 is 0 Å². The average Bonchev–Trinajstić information content (AvgIpc) is 3.52. The van der Waals surface area contributed by atoms with Gasteiger partial charge in [0.15, 0.2) is 0 Å². The minimum Gasteiger partial charge on any atom is -0.348 e. The lowest BCUT2D eigenvalue weighted by atomic mass is 9.98. The van der Waals surface area contributed by atoms with Gasteiger partial charge in [0.1, 0.15) is 12.1 Å². The van der Waals surface area contributed by atoms with Gasteiger partial charge in [0.25, 0.3) is 11.5 Å². The Hall–Kier alpha value is -4.46. The number of nitrogens with zero attached hydrogens (tertiary/aromatic N) is 4. The molecule has 1 aromatic carbocycles. The van der Waals surface area contributed by atoms with Crippen molar-refractivity contribution in [3.8, 4) is 16.9 Å². The Balaban J connectivity index is 1.55. The van der Waals surface area contributed by atoms with Gasteiger partial charge in [0.2, 0.25) is 0 Å². The van der Waals surface area contributed by atoms with E-state index in [-0.39, 0.29) is 18.0 Å². The number of imidazole rings is 1. The van der Waals surface area contributed by atoms with Gasteiger partial charge in [-0.3, -0.25) is 14.2 Å². The number of H-pyrrole nitrogens is 1. The highest BCUT2D eigenvalue weighted by atomic mass is 16.1. The Morgan fingerprint density at radius 1 is 1.08 bits per heavy atom. The summed E-state index contributed by atoms with van der Waals surface area (Å²) in [7, 11) is 0. The van der Waals surface area contributed by atoms with Crippen molar-refractivity contribution in [1.29, 1.82) is 0 Å². The molecule has 0 spiro atoms. The number of amides is 1. The van der Waals surface area contributed by atoms with E-state index in [1.165, 1.54) is 0 Å². The molecule has 0 unspecified atom stereocenters. The zero-order chi connectivity index (χ0) is 26.1. The first-order chi connectivity index (χ1) is 17.9. The second-order valence-electron chi connectivity index (χ2n) is 9.42. The maximum atomic E-state index is 13.6. The molecule has 2 N–H and O–H groups in total. The molecule has 0 aliphatic rings. The van der Waals surface area contributed by atoms with E-state index >= 15 is 0 Å². The number of pyridine rings is 2. The summed E-state index contributed by atoms with van der Waals surface area (Å²) in [6, 6.07) is 9.89. The molecule has 5 rings (SSSR count). The van der Waals surface area contributed by atoms with Gasteiger partial charge in [-0.1, -0.05) is 6.92 Å². The fourth-order valence-corrected chi connectivity index (χ4v) is 4.88. The summed E-state index contributed by atoms with van der Waals surface area (Å²) < 4.78 is 4.05. The predicted octanol–water partition coefficient (Wildman–Crippen LogP) is 4.84. The number of aromatic nitrogens is 5. The van der Waals surface area contributed by atoms with Crippen LogP contribution in [0.5, 0.6) is 0 Å². The third kappa shape index (κ3) is 4.70. The van der Waals surface area contributed by atoms with Gasteiger partial charge in [-0.25, -0.2) is 9.97 Å². The Kier molecular flexibility index (Phi) is 6.48. The Labute approximate surface area is 215 Å². The maximum absolute atomic E-state index is 13.6. The molecule has 0 fully saturated rings. The first-order valence-electron chi connectivity index (χ1n) is 12.4. The molecule has 0 saturated heterocycles. The second kappa shape index (κ2) is 9.89. The molecule has 0 radical (unpaired) electrons. The van der Waals surface area contributed by atoms with Gasteiger partial charge in [0.05, 0.1) is 0 Å². The first kappa shape index (κ1) is 24.2. The Morgan fingerprint density at radius 3 is 2.59 bits per heavy atom. The molecule has 0 aliphatic carbocycles. The third-order valence-corrected chi connectivity index (χ3v) is 6.65. The lowest BCUT2D eigenvalue weighted by Crippen LogP contribution is -2.28. The van der Waals surface area contributed by atoms with Gasteiger partial charge in [-0.15, -0.1) is 0 Å². The molecule has 4 heterocycles. The molecule has 0 bridgehead atoms. The Bertz CT molecular complexity index is 1640. The van der Waals surface area contributed by atoms with Crippen molar-refractivity contribution in [3.05, 3.63) is 99.7 Å². The molecule has 8 nitrogen and oxygen atoms in total. The molecule has 5 aromatic rings. The highest BCUT2D eigenvalue weighted by Gasteiger charge is 2.19. The van der Waals surface area contributed by atoms with Crippen LogP contribution < -0.4 is 10.9 Å². The van der Waals surface area contributed by atoms with Gasteiger partial charge < -0.3 is 14.9 Å². The molecule has 188 valence electrons. The van der Waals surface area contributed by atoms with Crippen molar-refractivity contribution in [3.63, 3.8) is 0 Å². The summed E-state index contributed by atoms with van der Waals surface area (Å²) in [5.41, 5.74) is 6.48. The number of carbonyl (C=O) groups is 1. The molecule has 0 saturated carbocycles. The van der Waals surface area contributed by atoms with E-state index in [2.05, 4.69) is 44.0 Å². The van der Waals surface area contributed by atoms with E-state index in [0.29, 0.717) is 11.1 Å². The van der Waals surface area contributed by atoms with Crippen LogP contribution in [0.1, 0.15) is 46.1 Å². The minimum atomic E-state index is -0.216. The first-order valence-corrected chi connectivity index (χ1v) is 12.4. The van der Waals surface area contributed by atoms with Crippen LogP contribution in [0.2, 0.25) is 0 Å². The number of fused-ring (bicyclic) bond motifs is 1. The van der Waals surface area contributed by atoms with Crippen molar-refractivity contribution in [2.24, 2.45) is 0 Å². The average molecular weight is 495 g/mol. The minimum absolute atomic E-state index is 0.155. The number of hydrogen-bond donors (Lipinski definition) is 2. The maximum Gasteiger partial charge on any atom is 0.253 e. The van der Waals surface area contributed by atoms with Crippen LogP contribution in [0.3, 0.4) is 0 Å². The predicted molar refractivity (Wildman–Crippen MR) is 145 cm³/mol. The third-order valence-electron chi connectivity index (χ3n) is 6.65. The summed E-state index contributed by atoms with van der Waals surface area (Å²) in [6.07, 6.45) is 10.2. The molecule has 37 heavy (non-hydrogen) atoms. The van der Waals surface area contributed by atoms with Gasteiger partial charge in [0, 0.05) is 71.2 Å². The van der Waals surface area contributed by atoms with E-state index in [1.54, 1.807) is 12.5 Å². The second-order valence-corrected chi connectivity index (χ2v) is 9.42. The lowest BCUT2D eigenvalue weighted by Gasteiger charge is -2.13. The molecule has 4 aromatic heterocycles. The number of aryl methyl sites for hydroxylation is 4. The molecular weight excluding hydrogens is 464 g/mol. The fourth-order valence-electron chi connectivity index (χ4n) is 4.88. The van der Waals surface area contributed by atoms with Crippen LogP contribution in [0.15, 0.2) is 66.2 Å². The van der Waals surface area contributed by atoms with Crippen molar-refractivity contribution in [2.75, 3.05) is 0 Å². The van der Waals surface area contributed by atoms with Gasteiger partial charge >= 0.3 is 0 Å². The topological polar surface area (TPSA) is 97.6 Å². The molecule has 0 aliphatic heterocycles. The smallest absolute Gasteiger partial charge is 0.253 e. The van der Waals surface area contributed by atoms with Crippen LogP contribution in [-0.2, 0) is 13.1 Å². The number of nitrogens with one attached hydrogen (secondary N) is 2. The molecular formula is C29H30N6O2. The van der Waals surface area contributed by atoms with Gasteiger partial charge in [-0.2, -0.15) is 0 Å². The number of carbonyl (C=O) groups excluding carboxylic acids is 1. The van der Waals surface area contributed by atoms with Crippen LogP contribution in [-0.4, -0.2) is 30.0 Å². The van der Waals surface area contributed by atoms with Crippen molar-refractivity contribution >= 4 is 16.8 Å². The van der Waals surface area contributed by atoms with E-state index in [1.807, 2.05) is 62.0 Å². The van der Waals surface area contributed by atoms with Crippen molar-refractivity contribution in [2.45, 2.75) is 47.2 Å². The summed E-state index contributed by atoms with van der Waals surface area (Å²) in [4.78, 5) is 37.6. The fraction of sp³-hybridized carbons (Fsp3) is 0.241. The van der Waals surface area contributed by atoms with E-state index in [9.17, 15) is 9.59 Å². The Morgan fingerprint density at radius 2 is 1.92 bits per heavy atom. The van der Waals surface area contributed by atoms with Crippen LogP contribution in [0, 0.1) is 20.8 Å². The normalized spacial score (nSPS) is 11.2. The summed E-state index contributed by atoms with van der Waals surface area (Å²) in [6.45, 7) is 8.91. The van der Waals surface area contributed by atoms with Gasteiger partial charge in [-0.05, 0) is 74.2 Å². The van der Waals surface area contributed by atoms with Crippen LogP contribution in [0.4, 0.5) is 0 Å². The number of hydrogen-bond acceptors (Lipinski definition) is 4. The standard InChI is InChI=1S/C29H30N6O2/c1-5-9-34-16-19(3)27-23(28(36)32-15-24-18(2)11-20(4)33-29(24)37)12-22(13-25(27)34)21-6-7-26(31-14-21)35-10-8-30-17-35/h6-8,10-14,16-17H,5,9,15H2,1-4H3,(H,32,36)(H,33,37). The van der Waals surface area contributed by atoms with Crippen molar-refractivity contribution in [1.82, 2.24) is 29.4 Å². The zero-order valence-corrected chi connectivity index (χ0v) is 21.5. The quantitative estimate of drug-likeness (QED) is 0.338. The number of rotatable bonds is 7. The molecule has 0 atom stereocenters. The molecule has 8 heteroatoms. The summed E-state index contributed by atoms with van der Waals surface area (Å²) in [5.74, 6) is 0.552. The number of benzene rings is 1. The monoisotopic (exact) mass is 494 g/mol. The zero-order valence-electron chi connectivity index (χ0n) is 21.5. The summed E-state index contributed by atoms with van der Waals surface area (Å²) in [5, 5.41) is 3.91. The van der Waals surface area contributed by atoms with E-state index < -0.39 is 0 Å². The number of aromatic amines is 1. The van der Waals surface area contributed by atoms with E-state index in [0.717, 1.165) is 57.6 Å². The largest absolute Gasteiger partial charge is 0.348 e. The van der Waals surface area contributed by atoms with E-state index in [4.69, 9.17) is 0 Å². The lowest BCUT2D eigenvalue weighted by molar-refractivity contribution is 0.0952. The van der Waals surface area contributed by atoms with Crippen molar-refractivity contribution < 1.29 is 4.79 Å². The van der Waals surface area contributed by atoms with Crippen LogP contribution in [0.25, 0.3) is 27.8 Å². The molecule has 1 amide bonds.